The zero-order valence-electron chi connectivity index (χ0n) is 24.3. The van der Waals surface area contributed by atoms with Gasteiger partial charge in [0.05, 0.1) is 25.9 Å². The topological polar surface area (TPSA) is 136 Å². The maximum Gasteiger partial charge on any atom is 0.312 e. The van der Waals surface area contributed by atoms with Gasteiger partial charge < -0.3 is 33.9 Å². The quantitative estimate of drug-likeness (QED) is 0.151. The van der Waals surface area contributed by atoms with Crippen LogP contribution < -0.4 is 0 Å². The van der Waals surface area contributed by atoms with Crippen LogP contribution in [0.15, 0.2) is 91.4 Å². The monoisotopic (exact) mass is 605 g/mol. The molecule has 3 aromatic carbocycles. The van der Waals surface area contributed by atoms with Crippen molar-refractivity contribution in [2.45, 2.75) is 44.2 Å². The van der Waals surface area contributed by atoms with E-state index < -0.39 is 36.4 Å². The first-order valence-corrected chi connectivity index (χ1v) is 14.9. The molecule has 1 fully saturated rings. The highest BCUT2D eigenvalue weighted by molar-refractivity contribution is 5.89. The van der Waals surface area contributed by atoms with Crippen LogP contribution in [-0.4, -0.2) is 58.0 Å². The summed E-state index contributed by atoms with van der Waals surface area (Å²) in [4.78, 5) is 49.1. The second kappa shape index (κ2) is 12.3. The van der Waals surface area contributed by atoms with Gasteiger partial charge in [0.2, 0.25) is 12.4 Å². The van der Waals surface area contributed by atoms with Crippen LogP contribution in [0.3, 0.4) is 0 Å². The summed E-state index contributed by atoms with van der Waals surface area (Å²) >= 11 is 0. The summed E-state index contributed by atoms with van der Waals surface area (Å²) in [6.45, 7) is 0.145. The molecule has 7 rings (SSSR count). The molecule has 10 heteroatoms. The summed E-state index contributed by atoms with van der Waals surface area (Å²) in [5.41, 5.74) is 5.03. The van der Waals surface area contributed by atoms with E-state index in [2.05, 4.69) is 15.0 Å². The van der Waals surface area contributed by atoms with Crippen LogP contribution >= 0.6 is 0 Å². The van der Waals surface area contributed by atoms with Gasteiger partial charge in [0.1, 0.15) is 6.10 Å². The number of aromatic nitrogens is 3. The van der Waals surface area contributed by atoms with E-state index in [-0.39, 0.29) is 32.3 Å². The molecule has 3 N–H and O–H groups in total. The van der Waals surface area contributed by atoms with Gasteiger partial charge >= 0.3 is 17.9 Å². The minimum Gasteiger partial charge on any atom is -0.458 e. The van der Waals surface area contributed by atoms with Crippen molar-refractivity contribution in [2.24, 2.45) is 0 Å². The van der Waals surface area contributed by atoms with Gasteiger partial charge in [0.15, 0.2) is 0 Å². The van der Waals surface area contributed by atoms with E-state index in [1.807, 2.05) is 72.8 Å². The molecule has 0 bridgehead atoms. The van der Waals surface area contributed by atoms with Gasteiger partial charge in [-0.15, -0.1) is 0 Å². The second-order valence-electron chi connectivity index (χ2n) is 11.1. The predicted molar refractivity (Wildman–Crippen MR) is 166 cm³/mol. The van der Waals surface area contributed by atoms with Crippen LogP contribution in [0.25, 0.3) is 32.7 Å². The minimum atomic E-state index is -1.26. The molecule has 10 nitrogen and oxygen atoms in total. The van der Waals surface area contributed by atoms with Gasteiger partial charge in [0, 0.05) is 57.7 Å². The van der Waals surface area contributed by atoms with Crippen molar-refractivity contribution in [3.8, 4) is 0 Å². The Morgan fingerprint density at radius 2 is 1.02 bits per heavy atom. The fraction of sp³-hybridized carbons (Fsp3) is 0.229. The average molecular weight is 606 g/mol. The molecular weight excluding hydrogens is 574 g/mol. The number of fused-ring (bicyclic) bond motifs is 3. The Bertz CT molecular complexity index is 1910. The van der Waals surface area contributed by atoms with Crippen molar-refractivity contribution >= 4 is 50.6 Å². The Balaban J connectivity index is 1.09. The zero-order valence-corrected chi connectivity index (χ0v) is 24.3. The summed E-state index contributed by atoms with van der Waals surface area (Å²) < 4.78 is 23.4. The number of esters is 3. The third-order valence-electron chi connectivity index (χ3n) is 8.15. The van der Waals surface area contributed by atoms with Crippen LogP contribution in [0.5, 0.6) is 0 Å². The molecule has 228 valence electrons. The van der Waals surface area contributed by atoms with Crippen LogP contribution in [-0.2, 0) is 52.6 Å². The van der Waals surface area contributed by atoms with Gasteiger partial charge in [-0.25, -0.2) is 0 Å². The molecule has 3 aromatic heterocycles. The first-order valence-electron chi connectivity index (χ1n) is 14.9. The number of nitrogens with one attached hydrogen (secondary N) is 3. The Kier molecular flexibility index (Phi) is 7.79. The molecule has 0 unspecified atom stereocenters. The van der Waals surface area contributed by atoms with E-state index in [1.54, 1.807) is 18.6 Å². The van der Waals surface area contributed by atoms with Crippen LogP contribution in [0.1, 0.15) is 23.1 Å². The summed E-state index contributed by atoms with van der Waals surface area (Å²) in [7, 11) is 0. The Labute approximate surface area is 257 Å². The fourth-order valence-electron chi connectivity index (χ4n) is 5.97. The van der Waals surface area contributed by atoms with Crippen LogP contribution in [0.2, 0.25) is 0 Å². The molecule has 1 aliphatic heterocycles. The number of H-pyrrole nitrogens is 3. The van der Waals surface area contributed by atoms with Gasteiger partial charge in [0.25, 0.3) is 0 Å². The maximum atomic E-state index is 13.3. The van der Waals surface area contributed by atoms with Gasteiger partial charge in [-0.05, 0) is 34.9 Å². The lowest BCUT2D eigenvalue weighted by atomic mass is 10.1. The molecule has 0 aliphatic carbocycles. The molecule has 4 heterocycles. The SMILES string of the molecule is O=C(Cc1c[nH]c2ccccc12)O[C@H]1OCC[C@@H](OC(=O)Cc2c[nH]c3ccccc23)[C@H]1OC(=O)Cc1c[nH]c2ccccc12. The summed E-state index contributed by atoms with van der Waals surface area (Å²) in [6.07, 6.45) is 2.24. The lowest BCUT2D eigenvalue weighted by Crippen LogP contribution is -2.51. The van der Waals surface area contributed by atoms with E-state index in [9.17, 15) is 14.4 Å². The molecule has 3 atom stereocenters. The Hall–Kier alpha value is -5.35. The van der Waals surface area contributed by atoms with E-state index in [0.29, 0.717) is 0 Å². The van der Waals surface area contributed by atoms with Gasteiger partial charge in [-0.1, -0.05) is 54.6 Å². The Morgan fingerprint density at radius 1 is 0.600 bits per heavy atom. The highest BCUT2D eigenvalue weighted by atomic mass is 16.7. The Morgan fingerprint density at radius 3 is 1.51 bits per heavy atom. The standard InChI is InChI=1S/C35H31N3O7/c39-31(15-21-18-36-27-10-4-1-7-24(21)27)43-30-13-14-42-35(45-33(41)17-23-20-38-29-12-6-3-9-26(23)29)34(30)44-32(40)16-22-19-37-28-11-5-2-8-25(22)28/h1-12,18-20,30,34-38H,13-17H2/t30-,34-,35-/m1/s1. The largest absolute Gasteiger partial charge is 0.458 e. The van der Waals surface area contributed by atoms with Crippen molar-refractivity contribution in [1.82, 2.24) is 15.0 Å². The number of benzene rings is 3. The van der Waals surface area contributed by atoms with E-state index in [1.165, 1.54) is 0 Å². The lowest BCUT2D eigenvalue weighted by Gasteiger charge is -2.36. The number of hydrogen-bond acceptors (Lipinski definition) is 7. The number of ether oxygens (including phenoxy) is 4. The second-order valence-corrected chi connectivity index (χ2v) is 11.1. The van der Waals surface area contributed by atoms with Gasteiger partial charge in [-0.2, -0.15) is 0 Å². The molecule has 1 aliphatic rings. The first-order chi connectivity index (χ1) is 22.0. The van der Waals surface area contributed by atoms with Crippen molar-refractivity contribution < 1.29 is 33.3 Å². The number of carbonyl (C=O) groups excluding carboxylic acids is 3. The lowest BCUT2D eigenvalue weighted by molar-refractivity contribution is -0.250. The molecule has 0 amide bonds. The zero-order chi connectivity index (χ0) is 30.8. The number of hydrogen-bond donors (Lipinski definition) is 3. The number of carbonyl (C=O) groups is 3. The van der Waals surface area contributed by atoms with Crippen molar-refractivity contribution in [2.75, 3.05) is 6.61 Å². The normalized spacial score (nSPS) is 18.3. The highest BCUT2D eigenvalue weighted by Gasteiger charge is 2.42. The number of para-hydroxylation sites is 3. The van der Waals surface area contributed by atoms with Gasteiger partial charge in [-0.3, -0.25) is 14.4 Å². The highest BCUT2D eigenvalue weighted by Crippen LogP contribution is 2.27. The smallest absolute Gasteiger partial charge is 0.312 e. The fourth-order valence-corrected chi connectivity index (χ4v) is 5.97. The van der Waals surface area contributed by atoms with Crippen molar-refractivity contribution in [3.63, 3.8) is 0 Å². The summed E-state index contributed by atoms with van der Waals surface area (Å²) in [5.74, 6) is -1.62. The minimum absolute atomic E-state index is 0.0163. The van der Waals surface area contributed by atoms with E-state index in [0.717, 1.165) is 49.4 Å². The molecular formula is C35H31N3O7. The van der Waals surface area contributed by atoms with Crippen molar-refractivity contribution in [3.05, 3.63) is 108 Å². The van der Waals surface area contributed by atoms with E-state index >= 15 is 0 Å². The van der Waals surface area contributed by atoms with Crippen molar-refractivity contribution in [1.29, 1.82) is 0 Å². The van der Waals surface area contributed by atoms with Crippen LogP contribution in [0.4, 0.5) is 0 Å². The maximum absolute atomic E-state index is 13.3. The predicted octanol–water partition coefficient (Wildman–Crippen LogP) is 5.27. The average Bonchev–Trinajstić information content (AvgIpc) is 3.76. The first kappa shape index (κ1) is 28.4. The molecule has 45 heavy (non-hydrogen) atoms. The molecule has 6 aromatic rings. The van der Waals surface area contributed by atoms with E-state index in [4.69, 9.17) is 18.9 Å². The third kappa shape index (κ3) is 6.05. The molecule has 0 spiro atoms. The molecule has 0 radical (unpaired) electrons. The number of rotatable bonds is 9. The third-order valence-corrected chi connectivity index (χ3v) is 8.15. The van der Waals surface area contributed by atoms with Crippen LogP contribution in [0, 0.1) is 0 Å². The number of aromatic amines is 3. The summed E-state index contributed by atoms with van der Waals surface area (Å²) in [6, 6.07) is 23.0. The molecule has 0 saturated carbocycles. The summed E-state index contributed by atoms with van der Waals surface area (Å²) in [5, 5.41) is 2.73. The molecule has 1 saturated heterocycles.